The molecule has 5 nitrogen and oxygen atoms in total. The van der Waals surface area contributed by atoms with Gasteiger partial charge in [0.15, 0.2) is 0 Å². The SMILES string of the molecule is CNCCC(=O)N1CCC(NC(=O)CC2CCCC2)CC1. The molecule has 0 spiro atoms. The summed E-state index contributed by atoms with van der Waals surface area (Å²) in [4.78, 5) is 25.9. The Kier molecular flexibility index (Phi) is 6.49. The summed E-state index contributed by atoms with van der Waals surface area (Å²) in [6.45, 7) is 2.28. The van der Waals surface area contributed by atoms with E-state index in [4.69, 9.17) is 0 Å². The number of piperidine rings is 1. The standard InChI is InChI=1S/C16H29N3O2/c1-17-9-6-16(21)19-10-7-14(8-11-19)18-15(20)12-13-4-2-3-5-13/h13-14,17H,2-12H2,1H3,(H,18,20). The molecule has 0 bridgehead atoms. The second-order valence-corrected chi connectivity index (χ2v) is 6.43. The topological polar surface area (TPSA) is 61.4 Å². The van der Waals surface area contributed by atoms with Crippen molar-refractivity contribution in [3.8, 4) is 0 Å². The largest absolute Gasteiger partial charge is 0.353 e. The van der Waals surface area contributed by atoms with Gasteiger partial charge >= 0.3 is 0 Å². The number of carbonyl (C=O) groups excluding carboxylic acids is 2. The molecule has 0 aromatic heterocycles. The van der Waals surface area contributed by atoms with Crippen LogP contribution < -0.4 is 10.6 Å². The second-order valence-electron chi connectivity index (χ2n) is 6.43. The van der Waals surface area contributed by atoms with E-state index in [0.717, 1.165) is 32.5 Å². The second kappa shape index (κ2) is 8.37. The van der Waals surface area contributed by atoms with Crippen LogP contribution in [0.3, 0.4) is 0 Å². The van der Waals surface area contributed by atoms with Gasteiger partial charge in [0.1, 0.15) is 0 Å². The predicted molar refractivity (Wildman–Crippen MR) is 82.9 cm³/mol. The molecule has 2 rings (SSSR count). The highest BCUT2D eigenvalue weighted by molar-refractivity contribution is 5.77. The molecule has 1 heterocycles. The van der Waals surface area contributed by atoms with Gasteiger partial charge in [0.25, 0.3) is 0 Å². The average molecular weight is 295 g/mol. The first-order valence-electron chi connectivity index (χ1n) is 8.40. The summed E-state index contributed by atoms with van der Waals surface area (Å²) in [7, 11) is 1.86. The molecular formula is C16H29N3O2. The lowest BCUT2D eigenvalue weighted by Gasteiger charge is -2.32. The van der Waals surface area contributed by atoms with E-state index in [1.54, 1.807) is 0 Å². The van der Waals surface area contributed by atoms with E-state index in [1.807, 2.05) is 11.9 Å². The summed E-state index contributed by atoms with van der Waals surface area (Å²) >= 11 is 0. The van der Waals surface area contributed by atoms with Crippen LogP contribution in [0.5, 0.6) is 0 Å². The fourth-order valence-electron chi connectivity index (χ4n) is 3.43. The van der Waals surface area contributed by atoms with Crippen molar-refractivity contribution in [3.05, 3.63) is 0 Å². The highest BCUT2D eigenvalue weighted by atomic mass is 16.2. The monoisotopic (exact) mass is 295 g/mol. The molecular weight excluding hydrogens is 266 g/mol. The summed E-state index contributed by atoms with van der Waals surface area (Å²) in [5.74, 6) is 1.04. The third-order valence-electron chi connectivity index (χ3n) is 4.75. The Morgan fingerprint density at radius 2 is 1.76 bits per heavy atom. The maximum absolute atomic E-state index is 12.0. The van der Waals surface area contributed by atoms with Crippen molar-refractivity contribution < 1.29 is 9.59 Å². The zero-order valence-corrected chi connectivity index (χ0v) is 13.2. The van der Waals surface area contributed by atoms with Gasteiger partial charge in [0.2, 0.25) is 11.8 Å². The lowest BCUT2D eigenvalue weighted by atomic mass is 10.0. The molecule has 2 amide bonds. The minimum absolute atomic E-state index is 0.210. The van der Waals surface area contributed by atoms with Crippen molar-refractivity contribution >= 4 is 11.8 Å². The van der Waals surface area contributed by atoms with Gasteiger partial charge in [0.05, 0.1) is 0 Å². The molecule has 2 fully saturated rings. The molecule has 0 atom stereocenters. The molecule has 1 aliphatic carbocycles. The van der Waals surface area contributed by atoms with Crippen molar-refractivity contribution in [2.45, 2.75) is 57.4 Å². The third-order valence-corrected chi connectivity index (χ3v) is 4.75. The average Bonchev–Trinajstić information content (AvgIpc) is 2.98. The smallest absolute Gasteiger partial charge is 0.223 e. The van der Waals surface area contributed by atoms with Crippen LogP contribution in [0.1, 0.15) is 51.4 Å². The van der Waals surface area contributed by atoms with Gasteiger partial charge in [-0.3, -0.25) is 9.59 Å². The highest BCUT2D eigenvalue weighted by Crippen LogP contribution is 2.27. The number of hydrogen-bond donors (Lipinski definition) is 2. The summed E-state index contributed by atoms with van der Waals surface area (Å²) in [6.07, 6.45) is 8.04. The molecule has 1 aliphatic heterocycles. The van der Waals surface area contributed by atoms with Crippen molar-refractivity contribution in [1.82, 2.24) is 15.5 Å². The van der Waals surface area contributed by atoms with Crippen LogP contribution in [0, 0.1) is 5.92 Å². The molecule has 0 aromatic rings. The number of carbonyl (C=O) groups is 2. The molecule has 21 heavy (non-hydrogen) atoms. The Morgan fingerprint density at radius 3 is 2.38 bits per heavy atom. The number of likely N-dealkylation sites (tertiary alicyclic amines) is 1. The van der Waals surface area contributed by atoms with Crippen LogP contribution in [0.4, 0.5) is 0 Å². The van der Waals surface area contributed by atoms with Gasteiger partial charge in [-0.05, 0) is 38.6 Å². The third kappa shape index (κ3) is 5.30. The van der Waals surface area contributed by atoms with E-state index in [-0.39, 0.29) is 17.9 Å². The molecule has 0 aromatic carbocycles. The molecule has 2 N–H and O–H groups in total. The quantitative estimate of drug-likeness (QED) is 0.776. The van der Waals surface area contributed by atoms with E-state index in [2.05, 4.69) is 10.6 Å². The Morgan fingerprint density at radius 1 is 1.10 bits per heavy atom. The minimum atomic E-state index is 0.210. The van der Waals surface area contributed by atoms with Gasteiger partial charge in [-0.2, -0.15) is 0 Å². The number of amides is 2. The molecule has 2 aliphatic rings. The van der Waals surface area contributed by atoms with Crippen molar-refractivity contribution in [3.63, 3.8) is 0 Å². The first kappa shape index (κ1) is 16.3. The normalized spacial score (nSPS) is 20.7. The van der Waals surface area contributed by atoms with Crippen LogP contribution >= 0.6 is 0 Å². The van der Waals surface area contributed by atoms with Crippen molar-refractivity contribution in [2.24, 2.45) is 5.92 Å². The highest BCUT2D eigenvalue weighted by Gasteiger charge is 2.25. The summed E-state index contributed by atoms with van der Waals surface area (Å²) < 4.78 is 0. The minimum Gasteiger partial charge on any atom is -0.353 e. The molecule has 1 saturated heterocycles. The number of nitrogens with zero attached hydrogens (tertiary/aromatic N) is 1. The van der Waals surface area contributed by atoms with Gasteiger partial charge < -0.3 is 15.5 Å². The summed E-state index contributed by atoms with van der Waals surface area (Å²) in [5, 5.41) is 6.16. The zero-order valence-electron chi connectivity index (χ0n) is 13.2. The Bertz CT molecular complexity index is 345. The molecule has 0 radical (unpaired) electrons. The molecule has 5 heteroatoms. The van der Waals surface area contributed by atoms with Gasteiger partial charge in [0, 0.05) is 38.5 Å². The van der Waals surface area contributed by atoms with Gasteiger partial charge in [-0.25, -0.2) is 0 Å². The maximum atomic E-state index is 12.0. The molecule has 0 unspecified atom stereocenters. The van der Waals surface area contributed by atoms with E-state index in [0.29, 0.717) is 18.8 Å². The predicted octanol–water partition coefficient (Wildman–Crippen LogP) is 1.28. The van der Waals surface area contributed by atoms with Crippen LogP contribution in [0.25, 0.3) is 0 Å². The van der Waals surface area contributed by atoms with Crippen LogP contribution in [-0.4, -0.2) is 49.4 Å². The van der Waals surface area contributed by atoms with Gasteiger partial charge in [-0.1, -0.05) is 12.8 Å². The van der Waals surface area contributed by atoms with Crippen LogP contribution in [0.15, 0.2) is 0 Å². The van der Waals surface area contributed by atoms with Crippen LogP contribution in [-0.2, 0) is 9.59 Å². The Balaban J connectivity index is 1.64. The molecule has 1 saturated carbocycles. The maximum Gasteiger partial charge on any atom is 0.223 e. The lowest BCUT2D eigenvalue weighted by molar-refractivity contribution is -0.132. The summed E-state index contributed by atoms with van der Waals surface area (Å²) in [5.41, 5.74) is 0. The Hall–Kier alpha value is -1.10. The number of nitrogens with one attached hydrogen (secondary N) is 2. The zero-order chi connectivity index (χ0) is 15.1. The first-order chi connectivity index (χ1) is 10.2. The molecule has 120 valence electrons. The number of rotatable bonds is 6. The van der Waals surface area contributed by atoms with E-state index >= 15 is 0 Å². The Labute approximate surface area is 127 Å². The van der Waals surface area contributed by atoms with Crippen molar-refractivity contribution in [1.29, 1.82) is 0 Å². The van der Waals surface area contributed by atoms with E-state index in [1.165, 1.54) is 25.7 Å². The summed E-state index contributed by atoms with van der Waals surface area (Å²) in [6, 6.07) is 0.257. The lowest BCUT2D eigenvalue weighted by Crippen LogP contribution is -2.47. The fraction of sp³-hybridized carbons (Fsp3) is 0.875. The van der Waals surface area contributed by atoms with E-state index < -0.39 is 0 Å². The first-order valence-corrected chi connectivity index (χ1v) is 8.40. The van der Waals surface area contributed by atoms with Crippen molar-refractivity contribution in [2.75, 3.05) is 26.7 Å². The van der Waals surface area contributed by atoms with Gasteiger partial charge in [-0.15, -0.1) is 0 Å². The fourth-order valence-corrected chi connectivity index (χ4v) is 3.43. The van der Waals surface area contributed by atoms with Crippen LogP contribution in [0.2, 0.25) is 0 Å². The number of hydrogen-bond acceptors (Lipinski definition) is 3. The van der Waals surface area contributed by atoms with E-state index in [9.17, 15) is 9.59 Å².